The minimum atomic E-state index is 0.0505. The first-order valence-corrected chi connectivity index (χ1v) is 10.1. The van der Waals surface area contributed by atoms with Crippen LogP contribution in [0.5, 0.6) is 0 Å². The van der Waals surface area contributed by atoms with Crippen LogP contribution in [0.15, 0.2) is 54.9 Å². The topological polar surface area (TPSA) is 80.1 Å². The Morgan fingerprint density at radius 1 is 1.20 bits per heavy atom. The van der Waals surface area contributed by atoms with E-state index in [1.807, 2.05) is 23.4 Å². The molecule has 7 heteroatoms. The molecule has 4 aromatic rings. The highest BCUT2D eigenvalue weighted by atomic mass is 16.2. The number of benzene rings is 1. The molecule has 0 saturated heterocycles. The van der Waals surface area contributed by atoms with Gasteiger partial charge in [-0.1, -0.05) is 6.08 Å². The number of rotatable bonds is 3. The highest BCUT2D eigenvalue weighted by Gasteiger charge is 2.20. The van der Waals surface area contributed by atoms with Gasteiger partial charge in [-0.3, -0.25) is 0 Å². The number of carbonyl (C=O) groups excluding carboxylic acids is 1. The molecule has 1 aliphatic rings. The van der Waals surface area contributed by atoms with Gasteiger partial charge >= 0.3 is 6.03 Å². The first-order chi connectivity index (χ1) is 14.6. The molecular formula is C23H24N6O. The normalized spacial score (nSPS) is 14.2. The highest BCUT2D eigenvalue weighted by molar-refractivity contribution is 5.95. The Kier molecular flexibility index (Phi) is 4.43. The molecule has 0 bridgehead atoms. The zero-order chi connectivity index (χ0) is 20.7. The molecule has 0 aliphatic carbocycles. The molecule has 7 nitrogen and oxygen atoms in total. The average molecular weight is 400 g/mol. The zero-order valence-corrected chi connectivity index (χ0v) is 17.1. The van der Waals surface area contributed by atoms with Gasteiger partial charge in [-0.2, -0.15) is 0 Å². The minimum Gasteiger partial charge on any atom is -0.361 e. The summed E-state index contributed by atoms with van der Waals surface area (Å²) < 4.78 is 0. The van der Waals surface area contributed by atoms with Crippen LogP contribution in [-0.4, -0.2) is 58.0 Å². The second-order valence-corrected chi connectivity index (χ2v) is 7.81. The molecule has 0 saturated carbocycles. The fourth-order valence-corrected chi connectivity index (χ4v) is 3.97. The van der Waals surface area contributed by atoms with E-state index in [4.69, 9.17) is 0 Å². The van der Waals surface area contributed by atoms with E-state index >= 15 is 0 Å². The van der Waals surface area contributed by atoms with E-state index in [0.717, 1.165) is 40.0 Å². The molecule has 1 aliphatic heterocycles. The van der Waals surface area contributed by atoms with Crippen LogP contribution in [0.25, 0.3) is 27.5 Å². The molecule has 0 radical (unpaired) electrons. The van der Waals surface area contributed by atoms with Crippen molar-refractivity contribution in [1.29, 1.82) is 0 Å². The Bertz CT molecular complexity index is 1270. The quantitative estimate of drug-likeness (QED) is 0.472. The van der Waals surface area contributed by atoms with Crippen LogP contribution in [0, 0.1) is 0 Å². The number of hydrogen-bond donors (Lipinski definition) is 3. The summed E-state index contributed by atoms with van der Waals surface area (Å²) in [6.45, 7) is 1.34. The van der Waals surface area contributed by atoms with Crippen LogP contribution < -0.4 is 5.32 Å². The number of aromatic amines is 2. The van der Waals surface area contributed by atoms with Crippen LogP contribution >= 0.6 is 0 Å². The molecule has 1 aromatic carbocycles. The van der Waals surface area contributed by atoms with E-state index in [0.29, 0.717) is 13.1 Å². The van der Waals surface area contributed by atoms with Crippen molar-refractivity contribution in [3.05, 3.63) is 60.6 Å². The second kappa shape index (κ2) is 7.26. The van der Waals surface area contributed by atoms with Gasteiger partial charge in [-0.15, -0.1) is 0 Å². The Balaban J connectivity index is 1.42. The zero-order valence-electron chi connectivity index (χ0n) is 17.1. The van der Waals surface area contributed by atoms with Gasteiger partial charge in [-0.25, -0.2) is 9.78 Å². The van der Waals surface area contributed by atoms with Gasteiger partial charge in [0.05, 0.1) is 5.69 Å². The van der Waals surface area contributed by atoms with Crippen molar-refractivity contribution in [2.45, 2.75) is 6.42 Å². The van der Waals surface area contributed by atoms with Crippen molar-refractivity contribution in [3.63, 3.8) is 0 Å². The van der Waals surface area contributed by atoms with Crippen molar-refractivity contribution in [2.75, 3.05) is 32.5 Å². The van der Waals surface area contributed by atoms with Crippen molar-refractivity contribution < 1.29 is 4.79 Å². The number of amides is 2. The molecule has 3 N–H and O–H groups in total. The molecule has 2 amide bonds. The van der Waals surface area contributed by atoms with Crippen LogP contribution in [0.1, 0.15) is 12.1 Å². The Morgan fingerprint density at radius 2 is 2.10 bits per heavy atom. The average Bonchev–Trinajstić information content (AvgIpc) is 3.40. The Labute approximate surface area is 174 Å². The molecule has 0 unspecified atom stereocenters. The minimum absolute atomic E-state index is 0.0505. The monoisotopic (exact) mass is 400 g/mol. The molecule has 3 aromatic heterocycles. The third-order valence-corrected chi connectivity index (χ3v) is 5.57. The predicted octanol–water partition coefficient (Wildman–Crippen LogP) is 4.56. The summed E-state index contributed by atoms with van der Waals surface area (Å²) in [7, 11) is 3.57. The summed E-state index contributed by atoms with van der Waals surface area (Å²) in [6, 6.07) is 12.5. The number of H-pyrrole nitrogens is 2. The van der Waals surface area contributed by atoms with Crippen molar-refractivity contribution >= 4 is 44.9 Å². The maximum absolute atomic E-state index is 12.2. The van der Waals surface area contributed by atoms with Gasteiger partial charge in [0.25, 0.3) is 0 Å². The molecule has 4 heterocycles. The van der Waals surface area contributed by atoms with Crippen molar-refractivity contribution in [1.82, 2.24) is 24.8 Å². The van der Waals surface area contributed by atoms with Gasteiger partial charge in [-0.05, 0) is 48.4 Å². The fourth-order valence-electron chi connectivity index (χ4n) is 3.97. The number of hydrogen-bond acceptors (Lipinski definition) is 3. The third kappa shape index (κ3) is 3.28. The second-order valence-electron chi connectivity index (χ2n) is 7.81. The number of nitrogens with zero attached hydrogens (tertiary/aromatic N) is 3. The molecule has 30 heavy (non-hydrogen) atoms. The van der Waals surface area contributed by atoms with Crippen LogP contribution in [-0.2, 0) is 0 Å². The predicted molar refractivity (Wildman–Crippen MR) is 121 cm³/mol. The molecule has 152 valence electrons. The van der Waals surface area contributed by atoms with E-state index in [2.05, 4.69) is 56.7 Å². The first-order valence-electron chi connectivity index (χ1n) is 10.1. The summed E-state index contributed by atoms with van der Waals surface area (Å²) in [5.41, 5.74) is 6.30. The lowest BCUT2D eigenvalue weighted by molar-refractivity contribution is 0.176. The third-order valence-electron chi connectivity index (χ3n) is 5.57. The SMILES string of the molecule is CN(C)C(=O)N1CC=C(c2cc3c(Nc4ccc5[nH]ccc5c4)ccnc3[nH]2)CC1. The highest BCUT2D eigenvalue weighted by Crippen LogP contribution is 2.31. The van der Waals surface area contributed by atoms with Gasteiger partial charge in [0.2, 0.25) is 0 Å². The molecule has 0 atom stereocenters. The molecule has 0 spiro atoms. The summed E-state index contributed by atoms with van der Waals surface area (Å²) in [6.07, 6.45) is 6.71. The number of aromatic nitrogens is 3. The Morgan fingerprint density at radius 3 is 2.90 bits per heavy atom. The summed E-state index contributed by atoms with van der Waals surface area (Å²) >= 11 is 0. The van der Waals surface area contributed by atoms with Gasteiger partial charge in [0, 0.05) is 67.2 Å². The smallest absolute Gasteiger partial charge is 0.319 e. The van der Waals surface area contributed by atoms with Crippen LogP contribution in [0.2, 0.25) is 0 Å². The Hall–Kier alpha value is -3.74. The number of carbonyl (C=O) groups is 1. The van der Waals surface area contributed by atoms with Crippen LogP contribution in [0.3, 0.4) is 0 Å². The first kappa shape index (κ1) is 18.3. The lowest BCUT2D eigenvalue weighted by Crippen LogP contribution is -2.41. The van der Waals surface area contributed by atoms with Crippen molar-refractivity contribution in [2.24, 2.45) is 0 Å². The molecule has 0 fully saturated rings. The lowest BCUT2D eigenvalue weighted by atomic mass is 10.0. The number of pyridine rings is 1. The number of urea groups is 1. The van der Waals surface area contributed by atoms with Gasteiger partial charge in [0.1, 0.15) is 5.65 Å². The molecular weight excluding hydrogens is 376 g/mol. The standard InChI is InChI=1S/C23H24N6O/c1-28(2)23(30)29-11-7-15(8-12-29)21-14-18-20(6-10-25-22(18)27-21)26-17-3-4-19-16(13-17)5-9-24-19/h3-7,9-10,13-14,24H,8,11-12H2,1-2H3,(H2,25,26,27). The fraction of sp³-hybridized carbons (Fsp3) is 0.217. The van der Waals surface area contributed by atoms with E-state index in [9.17, 15) is 4.79 Å². The lowest BCUT2D eigenvalue weighted by Gasteiger charge is -2.28. The maximum atomic E-state index is 12.2. The number of nitrogens with one attached hydrogen (secondary N) is 3. The van der Waals surface area contributed by atoms with Crippen molar-refractivity contribution in [3.8, 4) is 0 Å². The van der Waals surface area contributed by atoms with Crippen LogP contribution in [0.4, 0.5) is 16.2 Å². The largest absolute Gasteiger partial charge is 0.361 e. The molecule has 5 rings (SSSR count). The van der Waals surface area contributed by atoms with E-state index < -0.39 is 0 Å². The van der Waals surface area contributed by atoms with Gasteiger partial charge < -0.3 is 25.1 Å². The van der Waals surface area contributed by atoms with E-state index in [1.165, 1.54) is 11.0 Å². The summed E-state index contributed by atoms with van der Waals surface area (Å²) in [5, 5.41) is 5.75. The van der Waals surface area contributed by atoms with Gasteiger partial charge in [0.15, 0.2) is 0 Å². The number of anilines is 2. The summed E-state index contributed by atoms with van der Waals surface area (Å²) in [4.78, 5) is 26.8. The maximum Gasteiger partial charge on any atom is 0.319 e. The summed E-state index contributed by atoms with van der Waals surface area (Å²) in [5.74, 6) is 0. The van der Waals surface area contributed by atoms with E-state index in [-0.39, 0.29) is 6.03 Å². The number of fused-ring (bicyclic) bond motifs is 2. The van der Waals surface area contributed by atoms with E-state index in [1.54, 1.807) is 19.0 Å².